The van der Waals surface area contributed by atoms with E-state index in [1.54, 1.807) is 6.08 Å². The Kier molecular flexibility index (Phi) is 4.21. The Morgan fingerprint density at radius 3 is 2.36 bits per heavy atom. The van der Waals surface area contributed by atoms with Crippen molar-refractivity contribution in [1.82, 2.24) is 0 Å². The number of rotatable bonds is 5. The van der Waals surface area contributed by atoms with E-state index in [2.05, 4.69) is 18.7 Å². The first-order valence-corrected chi connectivity index (χ1v) is 7.63. The summed E-state index contributed by atoms with van der Waals surface area (Å²) in [5.41, 5.74) is 1.42. The topological polar surface area (TPSA) is 26.3 Å². The summed E-state index contributed by atoms with van der Waals surface area (Å²) in [7, 11) is 0. The molecule has 22 heavy (non-hydrogen) atoms. The normalized spacial score (nSPS) is 24.4. The molecule has 0 heterocycles. The smallest absolute Gasteiger partial charge is 0.169 e. The van der Waals surface area contributed by atoms with Crippen LogP contribution in [-0.4, -0.2) is 11.4 Å². The van der Waals surface area contributed by atoms with Gasteiger partial charge in [-0.1, -0.05) is 73.3 Å². The highest BCUT2D eigenvalue weighted by Crippen LogP contribution is 2.41. The summed E-state index contributed by atoms with van der Waals surface area (Å²) >= 11 is 0. The average molecular weight is 292 g/mol. The molecule has 112 valence electrons. The lowest BCUT2D eigenvalue weighted by Gasteiger charge is -2.24. The summed E-state index contributed by atoms with van der Waals surface area (Å²) in [6.45, 7) is 4.29. The van der Waals surface area contributed by atoms with E-state index in [4.69, 9.17) is 4.74 Å². The number of ketones is 1. The molecule has 0 unspecified atom stereocenters. The van der Waals surface area contributed by atoms with E-state index in [0.717, 1.165) is 5.56 Å². The highest BCUT2D eigenvalue weighted by molar-refractivity contribution is 5.92. The van der Waals surface area contributed by atoms with Crippen molar-refractivity contribution in [2.24, 2.45) is 0 Å². The minimum absolute atomic E-state index is 0.132. The van der Waals surface area contributed by atoms with Crippen LogP contribution in [0, 0.1) is 0 Å². The van der Waals surface area contributed by atoms with Gasteiger partial charge in [-0.15, -0.1) is 0 Å². The molecule has 0 aliphatic heterocycles. The highest BCUT2D eigenvalue weighted by Gasteiger charge is 2.45. The molecular weight excluding hydrogens is 272 g/mol. The van der Waals surface area contributed by atoms with Crippen LogP contribution in [0.5, 0.6) is 0 Å². The second kappa shape index (κ2) is 6.29. The molecule has 0 saturated heterocycles. The number of carbonyl (C=O) groups excluding carboxylic acids is 1. The maximum atomic E-state index is 12.5. The molecule has 0 bridgehead atoms. The molecule has 2 heteroatoms. The molecule has 2 atom stereocenters. The molecule has 1 saturated carbocycles. The van der Waals surface area contributed by atoms with Crippen LogP contribution in [0.15, 0.2) is 73.3 Å². The largest absolute Gasteiger partial charge is 0.358 e. The molecule has 2 aromatic rings. The van der Waals surface area contributed by atoms with Crippen LogP contribution in [-0.2, 0) is 16.1 Å². The van der Waals surface area contributed by atoms with Gasteiger partial charge in [-0.05, 0) is 23.5 Å². The van der Waals surface area contributed by atoms with Crippen LogP contribution in [0.3, 0.4) is 0 Å². The molecule has 2 aromatic carbocycles. The fourth-order valence-corrected chi connectivity index (χ4v) is 3.09. The molecule has 0 N–H and O–H groups in total. The number of carbonyl (C=O) groups is 1. The van der Waals surface area contributed by atoms with Gasteiger partial charge < -0.3 is 4.74 Å². The van der Waals surface area contributed by atoms with Crippen molar-refractivity contribution in [2.45, 2.75) is 31.0 Å². The Labute approximate surface area is 131 Å². The van der Waals surface area contributed by atoms with Gasteiger partial charge >= 0.3 is 0 Å². The lowest BCUT2D eigenvalue weighted by Crippen LogP contribution is -2.34. The van der Waals surface area contributed by atoms with Crippen LogP contribution in [0.25, 0.3) is 0 Å². The van der Waals surface area contributed by atoms with Gasteiger partial charge in [0, 0.05) is 6.42 Å². The quantitative estimate of drug-likeness (QED) is 0.769. The standard InChI is InChI=1S/C20H20O2/c1-2-20(22-15-16-9-5-3-6-10-16)14-18(13-19(20)21)17-11-7-4-8-12-17/h2-12,18H,1,13-15H2/t18-,20+/m1/s1. The summed E-state index contributed by atoms with van der Waals surface area (Å²) in [6, 6.07) is 20.1. The maximum absolute atomic E-state index is 12.5. The molecule has 1 aliphatic rings. The fourth-order valence-electron chi connectivity index (χ4n) is 3.09. The molecule has 3 rings (SSSR count). The molecule has 0 radical (unpaired) electrons. The van der Waals surface area contributed by atoms with Gasteiger partial charge in [0.25, 0.3) is 0 Å². The van der Waals surface area contributed by atoms with Gasteiger partial charge in [-0.2, -0.15) is 0 Å². The summed E-state index contributed by atoms with van der Waals surface area (Å²) < 4.78 is 6.02. The average Bonchev–Trinajstić information content (AvgIpc) is 2.92. The maximum Gasteiger partial charge on any atom is 0.169 e. The highest BCUT2D eigenvalue weighted by atomic mass is 16.5. The van der Waals surface area contributed by atoms with Crippen molar-refractivity contribution in [2.75, 3.05) is 0 Å². The number of Topliss-reactive ketones (excluding diaryl/α,β-unsaturated/α-hetero) is 1. The van der Waals surface area contributed by atoms with E-state index in [1.165, 1.54) is 5.56 Å². The summed E-state index contributed by atoms with van der Waals surface area (Å²) in [5.74, 6) is 0.342. The first-order valence-electron chi connectivity index (χ1n) is 7.63. The zero-order valence-electron chi connectivity index (χ0n) is 12.6. The van der Waals surface area contributed by atoms with Gasteiger partial charge in [0.15, 0.2) is 5.78 Å². The van der Waals surface area contributed by atoms with Crippen molar-refractivity contribution in [3.8, 4) is 0 Å². The van der Waals surface area contributed by atoms with E-state index in [-0.39, 0.29) is 11.7 Å². The van der Waals surface area contributed by atoms with Crippen molar-refractivity contribution in [1.29, 1.82) is 0 Å². The van der Waals surface area contributed by atoms with E-state index in [9.17, 15) is 4.79 Å². The van der Waals surface area contributed by atoms with E-state index in [0.29, 0.717) is 19.4 Å². The zero-order chi connectivity index (χ0) is 15.4. The predicted molar refractivity (Wildman–Crippen MR) is 87.6 cm³/mol. The van der Waals surface area contributed by atoms with Crippen molar-refractivity contribution >= 4 is 5.78 Å². The van der Waals surface area contributed by atoms with Gasteiger partial charge in [0.1, 0.15) is 5.60 Å². The lowest BCUT2D eigenvalue weighted by atomic mass is 9.94. The number of hydrogen-bond donors (Lipinski definition) is 0. The Balaban J connectivity index is 1.75. The Bertz CT molecular complexity index is 648. The third-order valence-electron chi connectivity index (χ3n) is 4.39. The molecular formula is C20H20O2. The third-order valence-corrected chi connectivity index (χ3v) is 4.39. The van der Waals surface area contributed by atoms with Crippen LogP contribution in [0.4, 0.5) is 0 Å². The first-order chi connectivity index (χ1) is 10.7. The molecule has 0 spiro atoms. The Morgan fingerprint density at radius 1 is 1.09 bits per heavy atom. The SMILES string of the molecule is C=C[C@]1(OCc2ccccc2)C[C@H](c2ccccc2)CC1=O. The Morgan fingerprint density at radius 2 is 1.73 bits per heavy atom. The van der Waals surface area contributed by atoms with E-state index in [1.807, 2.05) is 48.5 Å². The lowest BCUT2D eigenvalue weighted by molar-refractivity contribution is -0.135. The van der Waals surface area contributed by atoms with Crippen molar-refractivity contribution in [3.05, 3.63) is 84.4 Å². The molecule has 1 aliphatic carbocycles. The van der Waals surface area contributed by atoms with E-state index < -0.39 is 5.60 Å². The van der Waals surface area contributed by atoms with E-state index >= 15 is 0 Å². The molecule has 2 nitrogen and oxygen atoms in total. The summed E-state index contributed by atoms with van der Waals surface area (Å²) in [5, 5.41) is 0. The van der Waals surface area contributed by atoms with Crippen LogP contribution < -0.4 is 0 Å². The van der Waals surface area contributed by atoms with Crippen molar-refractivity contribution in [3.63, 3.8) is 0 Å². The number of hydrogen-bond acceptors (Lipinski definition) is 2. The second-order valence-electron chi connectivity index (χ2n) is 5.81. The number of ether oxygens (including phenoxy) is 1. The van der Waals surface area contributed by atoms with Gasteiger partial charge in [-0.3, -0.25) is 4.79 Å². The van der Waals surface area contributed by atoms with Gasteiger partial charge in [0.05, 0.1) is 6.61 Å². The van der Waals surface area contributed by atoms with Crippen LogP contribution in [0.2, 0.25) is 0 Å². The second-order valence-corrected chi connectivity index (χ2v) is 5.81. The summed E-state index contributed by atoms with van der Waals surface area (Å²) in [4.78, 5) is 12.5. The monoisotopic (exact) mass is 292 g/mol. The summed E-state index contributed by atoms with van der Waals surface area (Å²) in [6.07, 6.45) is 2.87. The van der Waals surface area contributed by atoms with Crippen molar-refractivity contribution < 1.29 is 9.53 Å². The molecule has 1 fully saturated rings. The third kappa shape index (κ3) is 2.88. The van der Waals surface area contributed by atoms with Gasteiger partial charge in [-0.25, -0.2) is 0 Å². The molecule has 0 aromatic heterocycles. The molecule has 0 amide bonds. The number of benzene rings is 2. The fraction of sp³-hybridized carbons (Fsp3) is 0.250. The Hall–Kier alpha value is -2.19. The van der Waals surface area contributed by atoms with Crippen LogP contribution >= 0.6 is 0 Å². The first kappa shape index (κ1) is 14.7. The predicted octanol–water partition coefficient (Wildman–Crippen LogP) is 4.27. The minimum atomic E-state index is -0.851. The zero-order valence-corrected chi connectivity index (χ0v) is 12.6. The van der Waals surface area contributed by atoms with Gasteiger partial charge in [0.2, 0.25) is 0 Å². The van der Waals surface area contributed by atoms with Crippen LogP contribution in [0.1, 0.15) is 29.9 Å². The minimum Gasteiger partial charge on any atom is -0.358 e.